The number of hydrogen-bond donors (Lipinski definition) is 0. The van der Waals surface area contributed by atoms with Gasteiger partial charge in [0.15, 0.2) is 0 Å². The second-order valence-corrected chi connectivity index (χ2v) is 9.17. The third-order valence-corrected chi connectivity index (χ3v) is 6.77. The zero-order chi connectivity index (χ0) is 22.6. The van der Waals surface area contributed by atoms with Crippen LogP contribution in [0.5, 0.6) is 0 Å². The van der Waals surface area contributed by atoms with E-state index in [1.807, 2.05) is 36.4 Å². The Balaban J connectivity index is 1.07. The number of anilines is 2. The van der Waals surface area contributed by atoms with Gasteiger partial charge in [0.25, 0.3) is 0 Å². The van der Waals surface area contributed by atoms with Crippen LogP contribution in [0.25, 0.3) is 11.1 Å². The van der Waals surface area contributed by atoms with Crippen LogP contribution in [0.3, 0.4) is 0 Å². The highest BCUT2D eigenvalue weighted by Gasteiger charge is 2.31. The Hall–Kier alpha value is -4.01. The molecule has 9 heteroatoms. The van der Waals surface area contributed by atoms with E-state index in [9.17, 15) is 0 Å². The van der Waals surface area contributed by atoms with Gasteiger partial charge in [-0.15, -0.1) is 5.10 Å². The molecule has 5 heterocycles. The number of aromatic nitrogens is 5. The van der Waals surface area contributed by atoms with Crippen LogP contribution >= 0.6 is 0 Å². The van der Waals surface area contributed by atoms with Crippen LogP contribution in [0.15, 0.2) is 58.3 Å². The summed E-state index contributed by atoms with van der Waals surface area (Å²) in [5.74, 6) is 2.25. The fourth-order valence-electron chi connectivity index (χ4n) is 4.64. The minimum absolute atomic E-state index is 0.481. The summed E-state index contributed by atoms with van der Waals surface area (Å²) in [6, 6.07) is 11.2. The van der Waals surface area contributed by atoms with Gasteiger partial charge in [0.2, 0.25) is 5.89 Å². The van der Waals surface area contributed by atoms with Crippen molar-refractivity contribution in [2.45, 2.75) is 18.8 Å². The summed E-state index contributed by atoms with van der Waals surface area (Å²) in [5.41, 5.74) is 6.56. The molecule has 0 amide bonds. The highest BCUT2D eigenvalue weighted by molar-refractivity contribution is 6.22. The summed E-state index contributed by atoms with van der Waals surface area (Å²) in [7, 11) is 1.93. The largest absolute Gasteiger partial charge is 0.408 e. The molecule has 1 saturated carbocycles. The summed E-state index contributed by atoms with van der Waals surface area (Å²) in [5, 5.41) is 12.8. The van der Waals surface area contributed by atoms with Crippen LogP contribution in [0.4, 0.5) is 17.5 Å². The van der Waals surface area contributed by atoms with Gasteiger partial charge in [0, 0.05) is 68.2 Å². The van der Waals surface area contributed by atoms with Crippen molar-refractivity contribution in [2.75, 3.05) is 36.0 Å². The quantitative estimate of drug-likeness (QED) is 0.403. The number of benzene rings is 1. The van der Waals surface area contributed by atoms with Gasteiger partial charge in [-0.05, 0) is 42.7 Å². The van der Waals surface area contributed by atoms with Gasteiger partial charge in [-0.3, -0.25) is 4.68 Å². The Bertz CT molecular complexity index is 1410. The lowest BCUT2D eigenvalue weighted by molar-refractivity contribution is 0.475. The molecule has 3 aromatic heterocycles. The normalized spacial score (nSPS) is 17.4. The molecule has 2 aliphatic heterocycles. The lowest BCUT2D eigenvalue weighted by Gasteiger charge is -2.34. The molecule has 0 spiro atoms. The van der Waals surface area contributed by atoms with Crippen LogP contribution in [-0.2, 0) is 7.05 Å². The van der Waals surface area contributed by atoms with Crippen LogP contribution in [0.2, 0.25) is 0 Å². The molecule has 9 nitrogen and oxygen atoms in total. The maximum atomic E-state index is 5.89. The molecule has 1 aromatic carbocycles. The predicted octanol–water partition coefficient (Wildman–Crippen LogP) is 3.55. The Labute approximate surface area is 196 Å². The molecular formula is C25H24N8O. The van der Waals surface area contributed by atoms with E-state index in [0.717, 1.165) is 78.8 Å². The monoisotopic (exact) mass is 452 g/mol. The third kappa shape index (κ3) is 3.35. The first-order chi connectivity index (χ1) is 16.7. The number of aliphatic imine (C=N–C) groups is 1. The molecular weight excluding hydrogens is 428 g/mol. The van der Waals surface area contributed by atoms with E-state index in [1.165, 1.54) is 5.56 Å². The topological polar surface area (TPSA) is 88.5 Å². The van der Waals surface area contributed by atoms with Crippen molar-refractivity contribution in [3.63, 3.8) is 0 Å². The fourth-order valence-corrected chi connectivity index (χ4v) is 4.64. The van der Waals surface area contributed by atoms with Crippen molar-refractivity contribution in [2.24, 2.45) is 12.0 Å². The summed E-state index contributed by atoms with van der Waals surface area (Å²) in [6.07, 6.45) is 8.13. The molecule has 170 valence electrons. The molecule has 0 unspecified atom stereocenters. The Morgan fingerprint density at radius 2 is 1.76 bits per heavy atom. The van der Waals surface area contributed by atoms with E-state index in [-0.39, 0.29) is 0 Å². The van der Waals surface area contributed by atoms with Crippen LogP contribution in [0.1, 0.15) is 35.8 Å². The van der Waals surface area contributed by atoms with Crippen molar-refractivity contribution in [1.82, 2.24) is 25.0 Å². The maximum absolute atomic E-state index is 5.89. The first-order valence-corrected chi connectivity index (χ1v) is 11.7. The van der Waals surface area contributed by atoms with Crippen LogP contribution < -0.4 is 9.80 Å². The second-order valence-electron chi connectivity index (χ2n) is 9.17. The number of piperazine rings is 1. The first kappa shape index (κ1) is 19.5. The number of nitrogens with zero attached hydrogens (tertiary/aromatic N) is 8. The van der Waals surface area contributed by atoms with E-state index in [4.69, 9.17) is 9.41 Å². The van der Waals surface area contributed by atoms with E-state index < -0.39 is 0 Å². The van der Waals surface area contributed by atoms with Gasteiger partial charge >= 0.3 is 6.01 Å². The average Bonchev–Trinajstić information content (AvgIpc) is 3.42. The number of aryl methyl sites for hydroxylation is 1. The van der Waals surface area contributed by atoms with Crippen LogP contribution in [0, 0.1) is 0 Å². The predicted molar refractivity (Wildman–Crippen MR) is 129 cm³/mol. The zero-order valence-electron chi connectivity index (χ0n) is 18.9. The van der Waals surface area contributed by atoms with Crippen molar-refractivity contribution in [3.8, 4) is 11.1 Å². The molecule has 1 aliphatic carbocycles. The summed E-state index contributed by atoms with van der Waals surface area (Å²) in [6.45, 7) is 3.37. The second kappa shape index (κ2) is 7.51. The van der Waals surface area contributed by atoms with Gasteiger partial charge in [0.05, 0.1) is 17.6 Å². The van der Waals surface area contributed by atoms with Gasteiger partial charge in [0.1, 0.15) is 5.82 Å². The minimum atomic E-state index is 0.481. The smallest absolute Gasteiger partial charge is 0.318 e. The summed E-state index contributed by atoms with van der Waals surface area (Å²) in [4.78, 5) is 13.9. The van der Waals surface area contributed by atoms with Crippen molar-refractivity contribution < 1.29 is 4.42 Å². The summed E-state index contributed by atoms with van der Waals surface area (Å²) >= 11 is 0. The Morgan fingerprint density at radius 1 is 0.912 bits per heavy atom. The molecule has 7 rings (SSSR count). The molecule has 3 aliphatic rings. The molecule has 1 saturated heterocycles. The molecule has 2 fully saturated rings. The van der Waals surface area contributed by atoms with E-state index in [2.05, 4.69) is 54.3 Å². The minimum Gasteiger partial charge on any atom is -0.408 e. The molecule has 0 atom stereocenters. The van der Waals surface area contributed by atoms with E-state index in [0.29, 0.717) is 11.9 Å². The number of hydrogen-bond acceptors (Lipinski definition) is 8. The standard InChI is InChI=1S/C25H24N8O/c1-31-15-19(14-27-31)17-4-5-21-20(12-17)23(28-21)18-6-7-26-22(13-18)32-8-10-33(11-9-32)25-30-29-24(34-25)16-2-3-16/h4-7,12-16H,2-3,8-11H2,1H3. The van der Waals surface area contributed by atoms with Crippen molar-refractivity contribution in [1.29, 1.82) is 0 Å². The van der Waals surface area contributed by atoms with Crippen LogP contribution in [-0.4, -0.2) is 56.9 Å². The van der Waals surface area contributed by atoms with Gasteiger partial charge < -0.3 is 14.2 Å². The highest BCUT2D eigenvalue weighted by Crippen LogP contribution is 2.40. The lowest BCUT2D eigenvalue weighted by atomic mass is 9.93. The van der Waals surface area contributed by atoms with Gasteiger partial charge in [-0.25, -0.2) is 9.98 Å². The lowest BCUT2D eigenvalue weighted by Crippen LogP contribution is -2.47. The molecule has 4 aromatic rings. The summed E-state index contributed by atoms with van der Waals surface area (Å²) < 4.78 is 7.71. The Kier molecular flexibility index (Phi) is 4.30. The first-order valence-electron chi connectivity index (χ1n) is 11.7. The van der Waals surface area contributed by atoms with Crippen molar-refractivity contribution in [3.05, 3.63) is 65.9 Å². The van der Waals surface area contributed by atoms with E-state index in [1.54, 1.807) is 0 Å². The van der Waals surface area contributed by atoms with Gasteiger partial charge in [-0.1, -0.05) is 11.2 Å². The number of fused-ring (bicyclic) bond motifs is 1. The van der Waals surface area contributed by atoms with Crippen molar-refractivity contribution >= 4 is 23.2 Å². The molecule has 0 bridgehead atoms. The Morgan fingerprint density at radius 3 is 2.56 bits per heavy atom. The zero-order valence-corrected chi connectivity index (χ0v) is 18.9. The highest BCUT2D eigenvalue weighted by atomic mass is 16.4. The number of rotatable bonds is 5. The third-order valence-electron chi connectivity index (χ3n) is 6.77. The molecule has 34 heavy (non-hydrogen) atoms. The average molecular weight is 453 g/mol. The molecule has 0 radical (unpaired) electrons. The maximum Gasteiger partial charge on any atom is 0.318 e. The van der Waals surface area contributed by atoms with Gasteiger partial charge in [-0.2, -0.15) is 5.10 Å². The van der Waals surface area contributed by atoms with E-state index >= 15 is 0 Å². The SMILES string of the molecule is Cn1cc(-c2ccc3c(c2)C(c2ccnc(N4CCN(c5nnc(C6CC6)o5)CC4)c2)=N3)cn1. The number of pyridine rings is 1. The molecule has 0 N–H and O–H groups in total. The fraction of sp³-hybridized carbons (Fsp3) is 0.320.